The lowest BCUT2D eigenvalue weighted by Crippen LogP contribution is -2.31. The van der Waals surface area contributed by atoms with Gasteiger partial charge in [0.25, 0.3) is 5.56 Å². The minimum absolute atomic E-state index is 0.0220. The quantitative estimate of drug-likeness (QED) is 0.801. The Bertz CT molecular complexity index is 931. The number of aryl methyl sites for hydroxylation is 2. The Kier molecular flexibility index (Phi) is 5.31. The first-order chi connectivity index (χ1) is 12.4. The van der Waals surface area contributed by atoms with Crippen LogP contribution in [0.25, 0.3) is 11.2 Å². The predicted molar refractivity (Wildman–Crippen MR) is 99.6 cm³/mol. The van der Waals surface area contributed by atoms with Crippen molar-refractivity contribution < 1.29 is 9.90 Å². The van der Waals surface area contributed by atoms with E-state index in [-0.39, 0.29) is 17.2 Å². The van der Waals surface area contributed by atoms with Gasteiger partial charge in [0.2, 0.25) is 5.91 Å². The van der Waals surface area contributed by atoms with Gasteiger partial charge in [0.05, 0.1) is 5.56 Å². The molecule has 0 saturated heterocycles. The van der Waals surface area contributed by atoms with Gasteiger partial charge in [0.15, 0.2) is 11.4 Å². The fourth-order valence-electron chi connectivity index (χ4n) is 3.11. The van der Waals surface area contributed by atoms with Crippen LogP contribution >= 0.6 is 11.6 Å². The highest BCUT2D eigenvalue weighted by molar-refractivity contribution is 6.65. The first kappa shape index (κ1) is 18.4. The average molecular weight is 380 g/mol. The molecule has 1 amide bonds. The second-order valence-corrected chi connectivity index (χ2v) is 6.86. The highest BCUT2D eigenvalue weighted by Crippen LogP contribution is 2.25. The summed E-state index contributed by atoms with van der Waals surface area (Å²) in [5.41, 5.74) is 1.08. The van der Waals surface area contributed by atoms with Crippen molar-refractivity contribution in [2.45, 2.75) is 45.4 Å². The van der Waals surface area contributed by atoms with E-state index >= 15 is 0 Å². The molecule has 0 bridgehead atoms. The molecular formula is C17H22ClN5O3. The minimum atomic E-state index is -0.224. The zero-order valence-electron chi connectivity index (χ0n) is 14.9. The summed E-state index contributed by atoms with van der Waals surface area (Å²) in [6.45, 7) is 2.40. The van der Waals surface area contributed by atoms with Gasteiger partial charge in [0.1, 0.15) is 16.5 Å². The third kappa shape index (κ3) is 3.46. The van der Waals surface area contributed by atoms with Crippen molar-refractivity contribution in [2.75, 3.05) is 6.54 Å². The molecule has 2 N–H and O–H groups in total. The van der Waals surface area contributed by atoms with Crippen LogP contribution < -0.4 is 5.56 Å². The van der Waals surface area contributed by atoms with Crippen molar-refractivity contribution in [1.82, 2.24) is 19.5 Å². The second kappa shape index (κ2) is 7.49. The van der Waals surface area contributed by atoms with Gasteiger partial charge in [-0.25, -0.2) is 9.99 Å². The van der Waals surface area contributed by atoms with Gasteiger partial charge >= 0.3 is 0 Å². The van der Waals surface area contributed by atoms with Crippen LogP contribution in [0.4, 0.5) is 0 Å². The maximum absolute atomic E-state index is 12.4. The summed E-state index contributed by atoms with van der Waals surface area (Å²) in [5, 5.41) is 16.3. The summed E-state index contributed by atoms with van der Waals surface area (Å²) in [6.07, 6.45) is 3.34. The van der Waals surface area contributed by atoms with E-state index in [1.165, 1.54) is 9.58 Å². The van der Waals surface area contributed by atoms with Crippen LogP contribution in [0.15, 0.2) is 9.90 Å². The number of imidazole rings is 1. The first-order valence-corrected chi connectivity index (χ1v) is 9.13. The molecule has 0 fully saturated rings. The van der Waals surface area contributed by atoms with Crippen molar-refractivity contribution in [2.24, 2.45) is 12.1 Å². The fraction of sp³-hybridized carbons (Fsp3) is 0.529. The fourth-order valence-corrected chi connectivity index (χ4v) is 3.30. The number of nitrogens with one attached hydrogen (secondary N) is 1. The van der Waals surface area contributed by atoms with Gasteiger partial charge in [-0.15, -0.1) is 0 Å². The van der Waals surface area contributed by atoms with Crippen LogP contribution in [0.3, 0.4) is 0 Å². The number of hydrogen-bond donors (Lipinski definition) is 2. The molecule has 8 nitrogen and oxygen atoms in total. The van der Waals surface area contributed by atoms with E-state index in [2.05, 4.69) is 15.1 Å². The van der Waals surface area contributed by atoms with E-state index < -0.39 is 0 Å². The second-order valence-electron chi connectivity index (χ2n) is 6.42. The molecule has 0 unspecified atom stereocenters. The van der Waals surface area contributed by atoms with Crippen molar-refractivity contribution in [3.8, 4) is 5.75 Å². The van der Waals surface area contributed by atoms with Crippen molar-refractivity contribution in [3.05, 3.63) is 21.7 Å². The first-order valence-electron chi connectivity index (χ1n) is 8.75. The predicted octanol–water partition coefficient (Wildman–Crippen LogP) is 2.03. The Morgan fingerprint density at radius 1 is 1.27 bits per heavy atom. The summed E-state index contributed by atoms with van der Waals surface area (Å²) >= 11 is 5.89. The third-order valence-corrected chi connectivity index (χ3v) is 4.75. The summed E-state index contributed by atoms with van der Waals surface area (Å²) in [6, 6.07) is 0. The van der Waals surface area contributed by atoms with Crippen molar-refractivity contribution >= 4 is 33.8 Å². The monoisotopic (exact) mass is 379 g/mol. The number of carbonyl (C=O) groups is 1. The highest BCUT2D eigenvalue weighted by atomic mass is 35.5. The number of carbonyl (C=O) groups excluding carboxylic acids is 1. The summed E-state index contributed by atoms with van der Waals surface area (Å²) in [4.78, 5) is 31.7. The molecule has 0 radical (unpaired) electrons. The number of amides is 1. The third-order valence-electron chi connectivity index (χ3n) is 4.48. The lowest BCUT2D eigenvalue weighted by atomic mass is 10.1. The van der Waals surface area contributed by atoms with Crippen LogP contribution in [-0.2, 0) is 24.7 Å². The van der Waals surface area contributed by atoms with E-state index in [1.54, 1.807) is 7.05 Å². The van der Waals surface area contributed by atoms with Gasteiger partial charge in [-0.2, -0.15) is 5.10 Å². The van der Waals surface area contributed by atoms with E-state index in [9.17, 15) is 14.7 Å². The zero-order chi connectivity index (χ0) is 18.8. The van der Waals surface area contributed by atoms with Crippen LogP contribution in [0.5, 0.6) is 5.75 Å². The number of hydrazone groups is 1. The molecule has 3 heterocycles. The maximum Gasteiger partial charge on any atom is 0.258 e. The number of halogens is 1. The molecule has 1 aliphatic heterocycles. The smallest absolute Gasteiger partial charge is 0.258 e. The van der Waals surface area contributed by atoms with E-state index in [0.717, 1.165) is 6.42 Å². The lowest BCUT2D eigenvalue weighted by Gasteiger charge is -2.20. The zero-order valence-corrected chi connectivity index (χ0v) is 15.6. The van der Waals surface area contributed by atoms with E-state index in [1.807, 2.05) is 6.92 Å². The summed E-state index contributed by atoms with van der Waals surface area (Å²) < 4.78 is 1.46. The van der Waals surface area contributed by atoms with Gasteiger partial charge in [0, 0.05) is 32.9 Å². The van der Waals surface area contributed by atoms with Crippen LogP contribution in [-0.4, -0.2) is 42.3 Å². The van der Waals surface area contributed by atoms with Gasteiger partial charge in [-0.05, 0) is 12.8 Å². The van der Waals surface area contributed by atoms with Crippen LogP contribution in [0, 0.1) is 0 Å². The number of aromatic hydroxyl groups is 1. The number of aromatic nitrogens is 3. The Labute approximate surface area is 155 Å². The van der Waals surface area contributed by atoms with Crippen LogP contribution in [0.1, 0.15) is 44.0 Å². The van der Waals surface area contributed by atoms with Gasteiger partial charge in [-0.1, -0.05) is 24.9 Å². The molecule has 1 aliphatic rings. The Hall–Kier alpha value is -2.35. The molecule has 140 valence electrons. The standard InChI is InChI=1S/C17H22ClN5O3/c1-3-5-10-15(25)14-16(22(2)17(10)26)20-12(19-14)6-4-9-23-13(24)8-7-11(18)21-23/h25H,3-9H2,1-2H3,(H,19,20). The maximum atomic E-state index is 12.4. The molecule has 9 heteroatoms. The average Bonchev–Trinajstić information content (AvgIpc) is 3.04. The van der Waals surface area contributed by atoms with E-state index in [0.29, 0.717) is 66.4 Å². The van der Waals surface area contributed by atoms with Gasteiger partial charge in [-0.3, -0.25) is 14.2 Å². The number of aromatic amines is 1. The Morgan fingerprint density at radius 2 is 2.04 bits per heavy atom. The molecular weight excluding hydrogens is 358 g/mol. The Balaban J connectivity index is 1.78. The summed E-state index contributed by atoms with van der Waals surface area (Å²) in [5.74, 6) is 0.591. The minimum Gasteiger partial charge on any atom is -0.505 e. The molecule has 0 spiro atoms. The molecule has 2 aromatic rings. The van der Waals surface area contributed by atoms with Gasteiger partial charge < -0.3 is 10.1 Å². The molecule has 0 aromatic carbocycles. The van der Waals surface area contributed by atoms with E-state index in [4.69, 9.17) is 11.6 Å². The Morgan fingerprint density at radius 3 is 2.77 bits per heavy atom. The molecule has 26 heavy (non-hydrogen) atoms. The number of pyridine rings is 1. The van der Waals surface area contributed by atoms with Crippen LogP contribution in [0.2, 0.25) is 0 Å². The molecule has 0 saturated carbocycles. The van der Waals surface area contributed by atoms with Crippen molar-refractivity contribution in [3.63, 3.8) is 0 Å². The number of H-pyrrole nitrogens is 1. The molecule has 3 rings (SSSR count). The topological polar surface area (TPSA) is 104 Å². The lowest BCUT2D eigenvalue weighted by molar-refractivity contribution is -0.131. The highest BCUT2D eigenvalue weighted by Gasteiger charge is 2.20. The normalized spacial score (nSPS) is 15.0. The number of fused-ring (bicyclic) bond motifs is 1. The largest absolute Gasteiger partial charge is 0.505 e. The SMILES string of the molecule is CCCc1c(O)c2[nH]c(CCCN3N=C(Cl)CCC3=O)nc2n(C)c1=O. The molecule has 0 atom stereocenters. The number of rotatable bonds is 6. The number of hydrogen-bond acceptors (Lipinski definition) is 5. The molecule has 0 aliphatic carbocycles. The summed E-state index contributed by atoms with van der Waals surface area (Å²) in [7, 11) is 1.65. The number of nitrogens with zero attached hydrogens (tertiary/aromatic N) is 4. The molecule has 2 aromatic heterocycles. The van der Waals surface area contributed by atoms with Crippen molar-refractivity contribution in [1.29, 1.82) is 0 Å².